The van der Waals surface area contributed by atoms with Gasteiger partial charge < -0.3 is 36.6 Å². The van der Waals surface area contributed by atoms with Crippen LogP contribution in [-0.2, 0) is 20.8 Å². The van der Waals surface area contributed by atoms with Crippen molar-refractivity contribution in [3.05, 3.63) is 75.0 Å². The maximum absolute atomic E-state index is 14.0. The van der Waals surface area contributed by atoms with E-state index in [0.29, 0.717) is 21.5 Å². The number of primary amides is 1. The number of aromatic hydroxyl groups is 2. The van der Waals surface area contributed by atoms with E-state index < -0.39 is 81.5 Å². The molecule has 0 spiro atoms. The molecule has 0 saturated heterocycles. The van der Waals surface area contributed by atoms with E-state index in [1.54, 1.807) is 25.1 Å². The molecule has 17 heteroatoms. The summed E-state index contributed by atoms with van der Waals surface area (Å²) in [5.41, 5.74) is 2.16. The Morgan fingerprint density at radius 3 is 2.19 bits per heavy atom. The molecule has 0 aliphatic heterocycles. The summed E-state index contributed by atoms with van der Waals surface area (Å²) in [5, 5.41) is 55.4. The summed E-state index contributed by atoms with van der Waals surface area (Å²) in [6.07, 6.45) is -5.23. The van der Waals surface area contributed by atoms with Crippen LogP contribution >= 0.6 is 11.6 Å². The van der Waals surface area contributed by atoms with E-state index in [2.05, 4.69) is 5.32 Å². The van der Waals surface area contributed by atoms with Crippen LogP contribution in [-0.4, -0.2) is 91.7 Å². The van der Waals surface area contributed by atoms with Crippen molar-refractivity contribution in [2.24, 2.45) is 11.7 Å². The number of carboxylic acid groups (broad SMARTS) is 1. The van der Waals surface area contributed by atoms with Gasteiger partial charge in [-0.25, -0.2) is 4.79 Å². The zero-order chi connectivity index (χ0) is 36.2. The van der Waals surface area contributed by atoms with Gasteiger partial charge in [0.25, 0.3) is 11.8 Å². The van der Waals surface area contributed by atoms with Crippen LogP contribution in [0.1, 0.15) is 31.8 Å². The van der Waals surface area contributed by atoms with E-state index >= 15 is 0 Å². The number of phenols is 2. The second kappa shape index (κ2) is 12.4. The predicted octanol–water partition coefficient (Wildman–Crippen LogP) is 2.99. The Hall–Kier alpha value is -5.19. The minimum atomic E-state index is -5.08. The maximum atomic E-state index is 14.0. The number of nitrogens with one attached hydrogen (secondary N) is 1. The van der Waals surface area contributed by atoms with Gasteiger partial charge in [0.15, 0.2) is 17.1 Å². The minimum Gasteiger partial charge on any atom is -0.508 e. The van der Waals surface area contributed by atoms with E-state index in [0.717, 1.165) is 0 Å². The van der Waals surface area contributed by atoms with Crippen LogP contribution in [0.25, 0.3) is 10.8 Å². The molecule has 3 atom stereocenters. The molecular weight excluding hydrogens is 667 g/mol. The summed E-state index contributed by atoms with van der Waals surface area (Å²) in [6.45, 7) is 1.64. The van der Waals surface area contributed by atoms with Crippen LogP contribution in [0.3, 0.4) is 0 Å². The van der Waals surface area contributed by atoms with Crippen molar-refractivity contribution >= 4 is 57.4 Å². The van der Waals surface area contributed by atoms with Gasteiger partial charge in [-0.1, -0.05) is 23.7 Å². The summed E-state index contributed by atoms with van der Waals surface area (Å²) >= 11 is 5.97. The predicted molar refractivity (Wildman–Crippen MR) is 163 cm³/mol. The third-order valence-corrected chi connectivity index (χ3v) is 8.45. The molecule has 2 aliphatic carbocycles. The number of nitrogens with two attached hydrogens (primary N) is 1. The Labute approximate surface area is 273 Å². The molecular formula is C31H27ClF3N3O10. The summed E-state index contributed by atoms with van der Waals surface area (Å²) in [6, 6.07) is 7.89. The lowest BCUT2D eigenvalue weighted by molar-refractivity contribution is -0.192. The number of aliphatic hydroxyl groups excluding tert-OH is 1. The Balaban J connectivity index is 0.000000671. The molecule has 8 N–H and O–H groups in total. The number of likely N-dealkylation sites (N-methyl/N-ethyl adjacent to an activating group) is 1. The maximum Gasteiger partial charge on any atom is 0.490 e. The quantitative estimate of drug-likeness (QED) is 0.155. The second-order valence-corrected chi connectivity index (χ2v) is 11.7. The van der Waals surface area contributed by atoms with E-state index in [1.165, 1.54) is 37.2 Å². The zero-order valence-corrected chi connectivity index (χ0v) is 25.9. The molecule has 2 amide bonds. The smallest absolute Gasteiger partial charge is 0.490 e. The summed E-state index contributed by atoms with van der Waals surface area (Å²) in [5.74, 6) is -10.4. The summed E-state index contributed by atoms with van der Waals surface area (Å²) in [7, 11) is 3.04. The number of aryl methyl sites for hydroxylation is 1. The number of fused-ring (bicyclic) bond motifs is 3. The number of hydrogen-bond donors (Lipinski definition) is 7. The Morgan fingerprint density at radius 2 is 1.67 bits per heavy atom. The van der Waals surface area contributed by atoms with Gasteiger partial charge in [-0.2, -0.15) is 13.2 Å². The van der Waals surface area contributed by atoms with E-state index in [1.807, 2.05) is 0 Å². The number of aliphatic carboxylic acids is 1. The molecule has 0 heterocycles. The fourth-order valence-electron chi connectivity index (χ4n) is 6.01. The average molecular weight is 694 g/mol. The van der Waals surface area contributed by atoms with Crippen molar-refractivity contribution < 1.29 is 62.7 Å². The third kappa shape index (κ3) is 5.78. The van der Waals surface area contributed by atoms with Crippen LogP contribution in [0.2, 0.25) is 5.02 Å². The standard InChI is InChI=1S/C29H26ClN3O8.C2HF3O2/c1-11-14-7-8-17(32-28(40)12-5-4-6-13(30)9-12)22(34)18(14)23(35)19-15(11)10-16-21(33(2)3)24(36)20(27(31)39)26(38)29(16,41)25(19)37;3-2(4,5)1(6)7/h4-9,16,21,34-35,38,41H,10H2,1-3H3,(H2,31,39)(H,32,40);(H,6,7)/t16-,21-,29-;/m0./s1. The summed E-state index contributed by atoms with van der Waals surface area (Å²) < 4.78 is 31.7. The fraction of sp³-hybridized carbons (Fsp3) is 0.258. The molecule has 0 radical (unpaired) electrons. The van der Waals surface area contributed by atoms with Gasteiger partial charge in [0.1, 0.15) is 17.1 Å². The number of ketones is 2. The molecule has 0 fully saturated rings. The number of benzene rings is 3. The van der Waals surface area contributed by atoms with Gasteiger partial charge in [-0.15, -0.1) is 0 Å². The first-order chi connectivity index (χ1) is 22.2. The first-order valence-electron chi connectivity index (χ1n) is 13.7. The number of nitrogens with zero attached hydrogens (tertiary/aromatic N) is 1. The van der Waals surface area contributed by atoms with Crippen molar-refractivity contribution in [1.29, 1.82) is 0 Å². The lowest BCUT2D eigenvalue weighted by Crippen LogP contribution is -2.64. The molecule has 5 rings (SSSR count). The molecule has 0 unspecified atom stereocenters. The van der Waals surface area contributed by atoms with E-state index in [-0.39, 0.29) is 23.1 Å². The van der Waals surface area contributed by atoms with Crippen molar-refractivity contribution in [3.8, 4) is 11.5 Å². The number of alkyl halides is 3. The first kappa shape index (κ1) is 35.7. The molecule has 0 bridgehead atoms. The Bertz CT molecular complexity index is 1960. The van der Waals surface area contributed by atoms with Crippen molar-refractivity contribution in [2.45, 2.75) is 31.2 Å². The number of carbonyl (C=O) groups excluding carboxylic acids is 4. The molecule has 3 aromatic carbocycles. The van der Waals surface area contributed by atoms with Crippen molar-refractivity contribution in [3.63, 3.8) is 0 Å². The number of rotatable bonds is 4. The number of carbonyl (C=O) groups is 5. The number of anilines is 1. The normalized spacial score (nSPS) is 20.5. The molecule has 2 aliphatic rings. The number of hydrogen-bond acceptors (Lipinski definition) is 10. The van der Waals surface area contributed by atoms with Gasteiger partial charge in [0.05, 0.1) is 22.7 Å². The molecule has 13 nitrogen and oxygen atoms in total. The monoisotopic (exact) mass is 693 g/mol. The van der Waals surface area contributed by atoms with Crippen LogP contribution in [0.15, 0.2) is 47.7 Å². The van der Waals surface area contributed by atoms with Crippen LogP contribution < -0.4 is 11.1 Å². The largest absolute Gasteiger partial charge is 0.508 e. The molecule has 0 saturated carbocycles. The highest BCUT2D eigenvalue weighted by Crippen LogP contribution is 2.51. The van der Waals surface area contributed by atoms with E-state index in [4.69, 9.17) is 27.2 Å². The van der Waals surface area contributed by atoms with Gasteiger partial charge in [-0.3, -0.25) is 24.1 Å². The van der Waals surface area contributed by atoms with Crippen molar-refractivity contribution in [1.82, 2.24) is 4.90 Å². The SMILES string of the molecule is Cc1c2c(c(O)c3c(O)c(NC(=O)c4cccc(Cl)c4)ccc13)C(=O)[C@]1(O)C(O)=C(C(N)=O)C(=O)[C@@H](N(C)C)[C@@H]1C2.O=C(O)C(F)(F)F. The summed E-state index contributed by atoms with van der Waals surface area (Å²) in [4.78, 5) is 62.4. The highest BCUT2D eigenvalue weighted by molar-refractivity contribution is 6.31. The van der Waals surface area contributed by atoms with Crippen molar-refractivity contribution in [2.75, 3.05) is 19.4 Å². The second-order valence-electron chi connectivity index (χ2n) is 11.2. The van der Waals surface area contributed by atoms with Crippen LogP contribution in [0.5, 0.6) is 11.5 Å². The van der Waals surface area contributed by atoms with Gasteiger partial charge in [0.2, 0.25) is 5.78 Å². The molecule has 48 heavy (non-hydrogen) atoms. The Kier molecular flexibility index (Phi) is 9.24. The lowest BCUT2D eigenvalue weighted by Gasteiger charge is -2.47. The highest BCUT2D eigenvalue weighted by atomic mass is 35.5. The number of carboxylic acids is 1. The average Bonchev–Trinajstić information content (AvgIpc) is 2.98. The number of Topliss-reactive ketones (excluding diaryl/α,β-unsaturated/α-hetero) is 2. The number of phenolic OH excluding ortho intramolecular Hbond substituents is 2. The highest BCUT2D eigenvalue weighted by Gasteiger charge is 2.62. The lowest BCUT2D eigenvalue weighted by atomic mass is 9.61. The molecule has 254 valence electrons. The Morgan fingerprint density at radius 1 is 1.06 bits per heavy atom. The van der Waals surface area contributed by atoms with Gasteiger partial charge in [-0.05, 0) is 68.2 Å². The van der Waals surface area contributed by atoms with Gasteiger partial charge in [0, 0.05) is 16.5 Å². The van der Waals surface area contributed by atoms with Crippen LogP contribution in [0.4, 0.5) is 18.9 Å². The van der Waals surface area contributed by atoms with Crippen LogP contribution in [0, 0.1) is 12.8 Å². The number of amides is 2. The van der Waals surface area contributed by atoms with E-state index in [9.17, 15) is 52.8 Å². The first-order valence-corrected chi connectivity index (χ1v) is 14.1. The van der Waals surface area contributed by atoms with Gasteiger partial charge >= 0.3 is 12.1 Å². The fourth-order valence-corrected chi connectivity index (χ4v) is 6.20. The molecule has 3 aromatic rings. The minimum absolute atomic E-state index is 0.0772. The topological polar surface area (TPSA) is 228 Å². The third-order valence-electron chi connectivity index (χ3n) is 8.22. The zero-order valence-electron chi connectivity index (χ0n) is 25.1. The number of halogens is 4. The number of aliphatic hydroxyl groups is 2. The molecule has 0 aromatic heterocycles.